The standard InChI is InChI=1S/C14H18ClN3O3S/c15-11-3-4-13(16-10-11)17-5-7-18(8-6-17)14(19)12-2-1-9-22(12,20)21/h3-4,10,12H,1-2,5-9H2. The average Bonchev–Trinajstić information content (AvgIpc) is 2.87. The van der Waals surface area contributed by atoms with E-state index in [1.54, 1.807) is 17.2 Å². The van der Waals surface area contributed by atoms with Crippen LogP contribution >= 0.6 is 11.6 Å². The highest BCUT2D eigenvalue weighted by molar-refractivity contribution is 7.93. The number of nitrogens with zero attached hydrogens (tertiary/aromatic N) is 3. The number of sulfone groups is 1. The lowest BCUT2D eigenvalue weighted by atomic mass is 10.2. The van der Waals surface area contributed by atoms with Gasteiger partial charge in [0.05, 0.1) is 10.8 Å². The molecule has 0 bridgehead atoms. The first-order chi connectivity index (χ1) is 10.5. The predicted molar refractivity (Wildman–Crippen MR) is 84.8 cm³/mol. The molecule has 3 heterocycles. The lowest BCUT2D eigenvalue weighted by Crippen LogP contribution is -2.52. The van der Waals surface area contributed by atoms with Crippen molar-refractivity contribution in [1.29, 1.82) is 0 Å². The summed E-state index contributed by atoms with van der Waals surface area (Å²) in [6.07, 6.45) is 2.65. The van der Waals surface area contributed by atoms with Crippen LogP contribution in [0.3, 0.4) is 0 Å². The Kier molecular flexibility index (Phi) is 4.27. The zero-order valence-corrected chi connectivity index (χ0v) is 13.7. The van der Waals surface area contributed by atoms with Gasteiger partial charge in [-0.1, -0.05) is 11.6 Å². The number of anilines is 1. The van der Waals surface area contributed by atoms with Gasteiger partial charge in [0.2, 0.25) is 5.91 Å². The molecule has 2 aliphatic heterocycles. The number of pyridine rings is 1. The van der Waals surface area contributed by atoms with Crippen molar-refractivity contribution < 1.29 is 13.2 Å². The molecule has 1 atom stereocenters. The summed E-state index contributed by atoms with van der Waals surface area (Å²) in [6, 6.07) is 3.63. The summed E-state index contributed by atoms with van der Waals surface area (Å²) in [7, 11) is -3.24. The van der Waals surface area contributed by atoms with Crippen LogP contribution in [0, 0.1) is 0 Å². The van der Waals surface area contributed by atoms with E-state index in [9.17, 15) is 13.2 Å². The monoisotopic (exact) mass is 343 g/mol. The van der Waals surface area contributed by atoms with Crippen LogP contribution in [0.15, 0.2) is 18.3 Å². The highest BCUT2D eigenvalue weighted by Gasteiger charge is 2.40. The van der Waals surface area contributed by atoms with Gasteiger partial charge in [0.1, 0.15) is 11.1 Å². The van der Waals surface area contributed by atoms with E-state index in [-0.39, 0.29) is 11.7 Å². The van der Waals surface area contributed by atoms with Gasteiger partial charge in [0, 0.05) is 32.4 Å². The van der Waals surface area contributed by atoms with Gasteiger partial charge < -0.3 is 9.80 Å². The van der Waals surface area contributed by atoms with E-state index in [1.165, 1.54) is 0 Å². The van der Waals surface area contributed by atoms with Gasteiger partial charge in [-0.3, -0.25) is 4.79 Å². The first-order valence-corrected chi connectivity index (χ1v) is 9.43. The number of piperazine rings is 1. The Morgan fingerprint density at radius 3 is 2.50 bits per heavy atom. The molecule has 1 amide bonds. The molecular weight excluding hydrogens is 326 g/mol. The number of carbonyl (C=O) groups excluding carboxylic acids is 1. The third-order valence-corrected chi connectivity index (χ3v) is 6.62. The SMILES string of the molecule is O=C(C1CCCS1(=O)=O)N1CCN(c2ccc(Cl)cn2)CC1. The summed E-state index contributed by atoms with van der Waals surface area (Å²) in [6.45, 7) is 2.34. The Labute approximate surface area is 135 Å². The lowest BCUT2D eigenvalue weighted by Gasteiger charge is -2.36. The van der Waals surface area contributed by atoms with E-state index in [0.29, 0.717) is 44.0 Å². The molecule has 0 saturated carbocycles. The molecule has 1 aromatic heterocycles. The van der Waals surface area contributed by atoms with Gasteiger partial charge >= 0.3 is 0 Å². The number of rotatable bonds is 2. The first kappa shape index (κ1) is 15.6. The number of hydrogen-bond acceptors (Lipinski definition) is 5. The topological polar surface area (TPSA) is 70.6 Å². The van der Waals surface area contributed by atoms with E-state index in [1.807, 2.05) is 6.07 Å². The molecule has 6 nitrogen and oxygen atoms in total. The summed E-state index contributed by atoms with van der Waals surface area (Å²) in [5, 5.41) is -0.239. The van der Waals surface area contributed by atoms with Crippen molar-refractivity contribution in [2.24, 2.45) is 0 Å². The second-order valence-corrected chi connectivity index (χ2v) is 8.38. The summed E-state index contributed by atoms with van der Waals surface area (Å²) >= 11 is 5.82. The lowest BCUT2D eigenvalue weighted by molar-refractivity contribution is -0.131. The Morgan fingerprint density at radius 1 is 1.23 bits per heavy atom. The zero-order valence-electron chi connectivity index (χ0n) is 12.1. The van der Waals surface area contributed by atoms with Crippen molar-refractivity contribution in [3.63, 3.8) is 0 Å². The summed E-state index contributed by atoms with van der Waals surface area (Å²) in [5.74, 6) is 0.726. The van der Waals surface area contributed by atoms with Crippen LogP contribution < -0.4 is 4.90 Å². The Balaban J connectivity index is 1.62. The van der Waals surface area contributed by atoms with Crippen molar-refractivity contribution in [3.05, 3.63) is 23.4 Å². The fourth-order valence-electron chi connectivity index (χ4n) is 2.98. The number of aromatic nitrogens is 1. The zero-order chi connectivity index (χ0) is 15.7. The van der Waals surface area contributed by atoms with Gasteiger partial charge in [-0.15, -0.1) is 0 Å². The van der Waals surface area contributed by atoms with Crippen molar-refractivity contribution in [2.45, 2.75) is 18.1 Å². The average molecular weight is 344 g/mol. The van der Waals surface area contributed by atoms with Crippen LogP contribution in [0.1, 0.15) is 12.8 Å². The molecule has 8 heteroatoms. The maximum atomic E-state index is 12.4. The van der Waals surface area contributed by atoms with E-state index < -0.39 is 15.1 Å². The van der Waals surface area contributed by atoms with Crippen LogP contribution in [0.5, 0.6) is 0 Å². The normalized spacial score (nSPS) is 24.5. The van der Waals surface area contributed by atoms with Gasteiger partial charge in [-0.25, -0.2) is 13.4 Å². The van der Waals surface area contributed by atoms with E-state index in [4.69, 9.17) is 11.6 Å². The summed E-state index contributed by atoms with van der Waals surface area (Å²) < 4.78 is 23.8. The number of carbonyl (C=O) groups is 1. The van der Waals surface area contributed by atoms with E-state index in [0.717, 1.165) is 5.82 Å². The van der Waals surface area contributed by atoms with Gasteiger partial charge in [-0.05, 0) is 25.0 Å². The smallest absolute Gasteiger partial charge is 0.241 e. The minimum Gasteiger partial charge on any atom is -0.353 e. The largest absolute Gasteiger partial charge is 0.353 e. The molecule has 2 fully saturated rings. The van der Waals surface area contributed by atoms with Crippen LogP contribution in [0.4, 0.5) is 5.82 Å². The highest BCUT2D eigenvalue weighted by Crippen LogP contribution is 2.23. The fourth-order valence-corrected chi connectivity index (χ4v) is 4.93. The molecule has 2 aliphatic rings. The van der Waals surface area contributed by atoms with Crippen LogP contribution in [0.2, 0.25) is 5.02 Å². The van der Waals surface area contributed by atoms with E-state index >= 15 is 0 Å². The van der Waals surface area contributed by atoms with Crippen molar-refractivity contribution in [3.8, 4) is 0 Å². The van der Waals surface area contributed by atoms with Crippen molar-refractivity contribution in [2.75, 3.05) is 36.8 Å². The van der Waals surface area contributed by atoms with Crippen LogP contribution in [-0.2, 0) is 14.6 Å². The molecule has 0 aliphatic carbocycles. The molecule has 1 unspecified atom stereocenters. The minimum absolute atomic E-state index is 0.137. The minimum atomic E-state index is -3.24. The van der Waals surface area contributed by atoms with Gasteiger partial charge in [-0.2, -0.15) is 0 Å². The third kappa shape index (κ3) is 3.05. The molecule has 2 saturated heterocycles. The van der Waals surface area contributed by atoms with E-state index in [2.05, 4.69) is 9.88 Å². The maximum Gasteiger partial charge on any atom is 0.241 e. The molecule has 22 heavy (non-hydrogen) atoms. The number of hydrogen-bond donors (Lipinski definition) is 0. The molecular formula is C14H18ClN3O3S. The fraction of sp³-hybridized carbons (Fsp3) is 0.571. The van der Waals surface area contributed by atoms with Gasteiger partial charge in [0.15, 0.2) is 9.84 Å². The Hall–Kier alpha value is -1.34. The molecule has 1 aromatic rings. The summed E-state index contributed by atoms with van der Waals surface area (Å²) in [4.78, 5) is 20.4. The number of halogens is 1. The molecule has 0 aromatic carbocycles. The van der Waals surface area contributed by atoms with Crippen molar-refractivity contribution in [1.82, 2.24) is 9.88 Å². The molecule has 120 valence electrons. The predicted octanol–water partition coefficient (Wildman–Crippen LogP) is 0.961. The molecule has 0 radical (unpaired) electrons. The second kappa shape index (κ2) is 6.04. The Morgan fingerprint density at radius 2 is 1.95 bits per heavy atom. The highest BCUT2D eigenvalue weighted by atomic mass is 35.5. The second-order valence-electron chi connectivity index (χ2n) is 5.64. The molecule has 3 rings (SSSR count). The van der Waals surface area contributed by atoms with Crippen LogP contribution in [-0.4, -0.2) is 61.4 Å². The van der Waals surface area contributed by atoms with Gasteiger partial charge in [0.25, 0.3) is 0 Å². The first-order valence-electron chi connectivity index (χ1n) is 7.34. The Bertz CT molecular complexity index is 654. The van der Waals surface area contributed by atoms with Crippen LogP contribution in [0.25, 0.3) is 0 Å². The summed E-state index contributed by atoms with van der Waals surface area (Å²) in [5.41, 5.74) is 0. The third-order valence-electron chi connectivity index (χ3n) is 4.23. The molecule has 0 N–H and O–H groups in total. The quantitative estimate of drug-likeness (QED) is 0.800. The van der Waals surface area contributed by atoms with Crippen molar-refractivity contribution >= 4 is 33.2 Å². The maximum absolute atomic E-state index is 12.4. The number of amides is 1. The molecule has 0 spiro atoms.